The van der Waals surface area contributed by atoms with Crippen LogP contribution in [-0.2, 0) is 9.53 Å². The number of carbonyl (C=O) groups is 1. The molecule has 1 unspecified atom stereocenters. The molecule has 0 fully saturated rings. The number of aliphatic hydroxyl groups is 1. The SMILES string of the molecule is CC(C)OC(=O)CC(O)C(C)(C)C. The first-order valence-corrected chi connectivity index (χ1v) is 4.61. The van der Waals surface area contributed by atoms with Gasteiger partial charge < -0.3 is 9.84 Å². The summed E-state index contributed by atoms with van der Waals surface area (Å²) in [6, 6.07) is 0. The van der Waals surface area contributed by atoms with E-state index in [4.69, 9.17) is 4.74 Å². The first kappa shape index (κ1) is 12.4. The molecule has 0 bridgehead atoms. The van der Waals surface area contributed by atoms with E-state index in [-0.39, 0.29) is 23.9 Å². The van der Waals surface area contributed by atoms with Gasteiger partial charge in [-0.05, 0) is 19.3 Å². The Bertz CT molecular complexity index is 167. The number of hydrogen-bond donors (Lipinski definition) is 1. The smallest absolute Gasteiger partial charge is 0.308 e. The van der Waals surface area contributed by atoms with Crippen LogP contribution in [0.2, 0.25) is 0 Å². The van der Waals surface area contributed by atoms with Crippen molar-refractivity contribution in [3.63, 3.8) is 0 Å². The Hall–Kier alpha value is -0.570. The van der Waals surface area contributed by atoms with Crippen molar-refractivity contribution >= 4 is 5.97 Å². The largest absolute Gasteiger partial charge is 0.463 e. The van der Waals surface area contributed by atoms with Crippen LogP contribution in [0.3, 0.4) is 0 Å². The molecule has 0 aromatic carbocycles. The summed E-state index contributed by atoms with van der Waals surface area (Å²) in [6.45, 7) is 9.25. The quantitative estimate of drug-likeness (QED) is 0.686. The molecule has 3 heteroatoms. The maximum absolute atomic E-state index is 11.1. The van der Waals surface area contributed by atoms with Crippen molar-refractivity contribution in [2.75, 3.05) is 0 Å². The second-order valence-corrected chi connectivity index (χ2v) is 4.62. The lowest BCUT2D eigenvalue weighted by atomic mass is 9.87. The van der Waals surface area contributed by atoms with Crippen LogP contribution in [0.5, 0.6) is 0 Å². The molecule has 0 amide bonds. The monoisotopic (exact) mass is 188 g/mol. The second kappa shape index (κ2) is 4.61. The summed E-state index contributed by atoms with van der Waals surface area (Å²) in [6.07, 6.45) is -0.680. The van der Waals surface area contributed by atoms with E-state index < -0.39 is 6.10 Å². The lowest BCUT2D eigenvalue weighted by Crippen LogP contribution is -2.30. The normalized spacial score (nSPS) is 14.4. The first-order valence-electron chi connectivity index (χ1n) is 4.61. The summed E-state index contributed by atoms with van der Waals surface area (Å²) >= 11 is 0. The molecule has 1 atom stereocenters. The van der Waals surface area contributed by atoms with Crippen LogP contribution in [-0.4, -0.2) is 23.3 Å². The predicted octanol–water partition coefficient (Wildman–Crippen LogP) is 1.74. The molecule has 0 rings (SSSR count). The summed E-state index contributed by atoms with van der Waals surface area (Å²) in [5.41, 5.74) is -0.268. The lowest BCUT2D eigenvalue weighted by Gasteiger charge is -2.25. The molecule has 0 saturated heterocycles. The Morgan fingerprint density at radius 1 is 1.38 bits per heavy atom. The highest BCUT2D eigenvalue weighted by molar-refractivity contribution is 5.70. The number of esters is 1. The van der Waals surface area contributed by atoms with Gasteiger partial charge in [0.1, 0.15) is 0 Å². The van der Waals surface area contributed by atoms with Crippen LogP contribution in [0.15, 0.2) is 0 Å². The van der Waals surface area contributed by atoms with E-state index in [1.165, 1.54) is 0 Å². The minimum Gasteiger partial charge on any atom is -0.463 e. The maximum Gasteiger partial charge on any atom is 0.308 e. The van der Waals surface area contributed by atoms with Gasteiger partial charge in [-0.3, -0.25) is 4.79 Å². The van der Waals surface area contributed by atoms with Crippen molar-refractivity contribution in [2.24, 2.45) is 5.41 Å². The number of rotatable bonds is 3. The second-order valence-electron chi connectivity index (χ2n) is 4.62. The van der Waals surface area contributed by atoms with E-state index >= 15 is 0 Å². The highest BCUT2D eigenvalue weighted by Gasteiger charge is 2.25. The number of carbonyl (C=O) groups excluding carboxylic acids is 1. The predicted molar refractivity (Wildman–Crippen MR) is 51.3 cm³/mol. The fourth-order valence-electron chi connectivity index (χ4n) is 0.775. The number of ether oxygens (including phenoxy) is 1. The molecular formula is C10H20O3. The third kappa shape index (κ3) is 5.64. The zero-order chi connectivity index (χ0) is 10.6. The minimum absolute atomic E-state index is 0.0711. The molecule has 3 nitrogen and oxygen atoms in total. The number of aliphatic hydroxyl groups excluding tert-OH is 1. The Kier molecular flexibility index (Phi) is 4.40. The van der Waals surface area contributed by atoms with E-state index in [0.717, 1.165) is 0 Å². The molecule has 0 heterocycles. The van der Waals surface area contributed by atoms with Crippen molar-refractivity contribution < 1.29 is 14.6 Å². The van der Waals surface area contributed by atoms with E-state index in [0.29, 0.717) is 0 Å². The van der Waals surface area contributed by atoms with E-state index in [9.17, 15) is 9.90 Å². The Morgan fingerprint density at radius 2 is 1.85 bits per heavy atom. The van der Waals surface area contributed by atoms with Gasteiger partial charge >= 0.3 is 5.97 Å². The molecule has 0 aliphatic heterocycles. The van der Waals surface area contributed by atoms with Crippen molar-refractivity contribution in [2.45, 2.75) is 53.2 Å². The molecule has 0 radical (unpaired) electrons. The Morgan fingerprint density at radius 3 is 2.15 bits per heavy atom. The summed E-state index contributed by atoms with van der Waals surface area (Å²) in [7, 11) is 0. The summed E-state index contributed by atoms with van der Waals surface area (Å²) in [5.74, 6) is -0.336. The average Bonchev–Trinajstić information content (AvgIpc) is 1.82. The molecule has 0 aromatic heterocycles. The maximum atomic E-state index is 11.1. The summed E-state index contributed by atoms with van der Waals surface area (Å²) in [5, 5.41) is 9.57. The molecule has 0 aliphatic carbocycles. The fourth-order valence-corrected chi connectivity index (χ4v) is 0.775. The molecule has 1 N–H and O–H groups in total. The third-order valence-electron chi connectivity index (χ3n) is 1.73. The fraction of sp³-hybridized carbons (Fsp3) is 0.900. The van der Waals surface area contributed by atoms with Gasteiger partial charge in [-0.2, -0.15) is 0 Å². The van der Waals surface area contributed by atoms with Gasteiger partial charge in [-0.15, -0.1) is 0 Å². The zero-order valence-corrected chi connectivity index (χ0v) is 9.13. The molecule has 0 saturated carbocycles. The van der Waals surface area contributed by atoms with Crippen molar-refractivity contribution in [1.82, 2.24) is 0 Å². The highest BCUT2D eigenvalue weighted by Crippen LogP contribution is 2.21. The zero-order valence-electron chi connectivity index (χ0n) is 9.13. The lowest BCUT2D eigenvalue weighted by molar-refractivity contribution is -0.151. The van der Waals surface area contributed by atoms with Gasteiger partial charge in [0.15, 0.2) is 0 Å². The van der Waals surface area contributed by atoms with Gasteiger partial charge in [0, 0.05) is 0 Å². The van der Waals surface area contributed by atoms with Crippen LogP contribution in [0.25, 0.3) is 0 Å². The van der Waals surface area contributed by atoms with Crippen molar-refractivity contribution in [1.29, 1.82) is 0 Å². The summed E-state index contributed by atoms with van der Waals surface area (Å²) < 4.78 is 4.92. The van der Waals surface area contributed by atoms with E-state index in [1.807, 2.05) is 20.8 Å². The molecule has 0 aromatic rings. The molecular weight excluding hydrogens is 168 g/mol. The molecule has 78 valence electrons. The number of hydrogen-bond acceptors (Lipinski definition) is 3. The van der Waals surface area contributed by atoms with E-state index in [1.54, 1.807) is 13.8 Å². The topological polar surface area (TPSA) is 46.5 Å². The highest BCUT2D eigenvalue weighted by atomic mass is 16.5. The Labute approximate surface area is 80.1 Å². The standard InChI is InChI=1S/C10H20O3/c1-7(2)13-9(12)6-8(11)10(3,4)5/h7-8,11H,6H2,1-5H3. The van der Waals surface area contributed by atoms with Crippen molar-refractivity contribution in [3.05, 3.63) is 0 Å². The van der Waals surface area contributed by atoms with Gasteiger partial charge in [0.05, 0.1) is 18.6 Å². The van der Waals surface area contributed by atoms with Crippen LogP contribution < -0.4 is 0 Å². The molecule has 0 spiro atoms. The molecule has 13 heavy (non-hydrogen) atoms. The average molecular weight is 188 g/mol. The van der Waals surface area contributed by atoms with Crippen LogP contribution >= 0.6 is 0 Å². The van der Waals surface area contributed by atoms with Crippen LogP contribution in [0, 0.1) is 5.41 Å². The van der Waals surface area contributed by atoms with Crippen LogP contribution in [0.1, 0.15) is 41.0 Å². The molecule has 0 aliphatic rings. The van der Waals surface area contributed by atoms with Gasteiger partial charge in [-0.1, -0.05) is 20.8 Å². The third-order valence-corrected chi connectivity index (χ3v) is 1.73. The minimum atomic E-state index is -0.640. The van der Waals surface area contributed by atoms with Crippen LogP contribution in [0.4, 0.5) is 0 Å². The Balaban J connectivity index is 3.93. The first-order chi connectivity index (χ1) is 5.73. The van der Waals surface area contributed by atoms with Gasteiger partial charge in [-0.25, -0.2) is 0 Å². The van der Waals surface area contributed by atoms with Crippen molar-refractivity contribution in [3.8, 4) is 0 Å². The summed E-state index contributed by atoms with van der Waals surface area (Å²) in [4.78, 5) is 11.1. The van der Waals surface area contributed by atoms with Gasteiger partial charge in [0.2, 0.25) is 0 Å². The van der Waals surface area contributed by atoms with E-state index in [2.05, 4.69) is 0 Å². The van der Waals surface area contributed by atoms with Gasteiger partial charge in [0.25, 0.3) is 0 Å².